The van der Waals surface area contributed by atoms with Gasteiger partial charge >= 0.3 is 0 Å². The maximum atomic E-state index is 13.1. The third-order valence-electron chi connectivity index (χ3n) is 5.03. The van der Waals surface area contributed by atoms with Gasteiger partial charge in [0.15, 0.2) is 5.16 Å². The predicted molar refractivity (Wildman–Crippen MR) is 120 cm³/mol. The zero-order valence-corrected chi connectivity index (χ0v) is 19.4. The summed E-state index contributed by atoms with van der Waals surface area (Å²) < 4.78 is 6.67. The van der Waals surface area contributed by atoms with E-state index in [1.807, 2.05) is 13.8 Å². The van der Waals surface area contributed by atoms with Crippen LogP contribution in [0.2, 0.25) is 5.02 Å². The fraction of sp³-hybridized carbons (Fsp3) is 0.524. The normalized spacial score (nSPS) is 14.3. The number of nitrogens with one attached hydrogen (secondary N) is 1. The van der Waals surface area contributed by atoms with Gasteiger partial charge in [-0.2, -0.15) is 5.26 Å². The molecule has 0 unspecified atom stereocenters. The molecular formula is C21H27ClN4O3S. The van der Waals surface area contributed by atoms with Crippen molar-refractivity contribution in [3.8, 4) is 6.07 Å². The Morgan fingerprint density at radius 1 is 1.43 bits per heavy atom. The van der Waals surface area contributed by atoms with Crippen LogP contribution in [0, 0.1) is 17.2 Å². The molecule has 0 radical (unpaired) electrons. The van der Waals surface area contributed by atoms with Gasteiger partial charge in [-0.3, -0.25) is 14.2 Å². The summed E-state index contributed by atoms with van der Waals surface area (Å²) in [7, 11) is 1.60. The van der Waals surface area contributed by atoms with Gasteiger partial charge in [-0.05, 0) is 44.4 Å². The van der Waals surface area contributed by atoms with Crippen LogP contribution in [0.25, 0.3) is 10.9 Å². The van der Waals surface area contributed by atoms with E-state index in [2.05, 4.69) is 16.4 Å². The largest absolute Gasteiger partial charge is 0.385 e. The number of fused-ring (bicyclic) bond motifs is 1. The topological polar surface area (TPSA) is 97.0 Å². The smallest absolute Gasteiger partial charge is 0.262 e. The zero-order chi connectivity index (χ0) is 22.5. The van der Waals surface area contributed by atoms with Gasteiger partial charge < -0.3 is 10.1 Å². The summed E-state index contributed by atoms with van der Waals surface area (Å²) in [6.45, 7) is 8.10. The molecule has 0 bridgehead atoms. The fourth-order valence-corrected chi connectivity index (χ4v) is 3.80. The molecule has 9 heteroatoms. The Labute approximate surface area is 185 Å². The van der Waals surface area contributed by atoms with Gasteiger partial charge in [0.05, 0.1) is 22.2 Å². The molecule has 162 valence electrons. The summed E-state index contributed by atoms with van der Waals surface area (Å²) in [6, 6.07) is 7.12. The molecule has 0 saturated carbocycles. The SMILES string of the molecule is COCCCn1c(S[C@H](C)C(=O)N[C@](C)(C#N)C(C)C)nc2cc(Cl)ccc2c1=O. The molecule has 0 saturated heterocycles. The van der Waals surface area contributed by atoms with Crippen LogP contribution in [0.4, 0.5) is 0 Å². The van der Waals surface area contributed by atoms with Gasteiger partial charge in [0.25, 0.3) is 5.56 Å². The highest BCUT2D eigenvalue weighted by atomic mass is 35.5. The lowest BCUT2D eigenvalue weighted by Crippen LogP contribution is -2.51. The highest BCUT2D eigenvalue weighted by Crippen LogP contribution is 2.25. The van der Waals surface area contributed by atoms with Gasteiger partial charge in [-0.15, -0.1) is 0 Å². The maximum Gasteiger partial charge on any atom is 0.262 e. The quantitative estimate of drug-likeness (QED) is 0.356. The number of benzene rings is 1. The van der Waals surface area contributed by atoms with Crippen LogP contribution in [0.3, 0.4) is 0 Å². The Hall–Kier alpha value is -2.08. The standard InChI is InChI=1S/C21H27ClN4O3S/c1-13(2)21(4,12-23)25-18(27)14(3)30-20-24-17-11-15(22)7-8-16(17)19(28)26(20)9-6-10-29-5/h7-8,11,13-14H,6,9-10H2,1-5H3,(H,25,27)/t14-,21-/m1/s1. The Morgan fingerprint density at radius 2 is 2.13 bits per heavy atom. The van der Waals surface area contributed by atoms with Crippen LogP contribution in [0.15, 0.2) is 28.2 Å². The number of halogens is 1. The van der Waals surface area contributed by atoms with Crippen LogP contribution >= 0.6 is 23.4 Å². The lowest BCUT2D eigenvalue weighted by atomic mass is 9.90. The van der Waals surface area contributed by atoms with E-state index >= 15 is 0 Å². The van der Waals surface area contributed by atoms with Crippen molar-refractivity contribution in [1.29, 1.82) is 5.26 Å². The zero-order valence-electron chi connectivity index (χ0n) is 17.9. The fourth-order valence-electron chi connectivity index (χ4n) is 2.70. The molecular weight excluding hydrogens is 424 g/mol. The monoisotopic (exact) mass is 450 g/mol. The van der Waals surface area contributed by atoms with E-state index < -0.39 is 10.8 Å². The number of aromatic nitrogens is 2. The minimum Gasteiger partial charge on any atom is -0.385 e. The van der Waals surface area contributed by atoms with Crippen molar-refractivity contribution in [3.63, 3.8) is 0 Å². The van der Waals surface area contributed by atoms with E-state index in [-0.39, 0.29) is 17.4 Å². The molecule has 2 atom stereocenters. The lowest BCUT2D eigenvalue weighted by molar-refractivity contribution is -0.121. The summed E-state index contributed by atoms with van der Waals surface area (Å²) in [4.78, 5) is 30.4. The number of thioether (sulfide) groups is 1. The molecule has 0 aliphatic heterocycles. The molecule has 0 aliphatic carbocycles. The number of hydrogen-bond donors (Lipinski definition) is 1. The highest BCUT2D eigenvalue weighted by Gasteiger charge is 2.32. The number of carbonyl (C=O) groups excluding carboxylic acids is 1. The lowest BCUT2D eigenvalue weighted by Gasteiger charge is -2.28. The summed E-state index contributed by atoms with van der Waals surface area (Å²) >= 11 is 7.25. The van der Waals surface area contributed by atoms with Crippen molar-refractivity contribution in [2.75, 3.05) is 13.7 Å². The first-order valence-electron chi connectivity index (χ1n) is 9.72. The maximum absolute atomic E-state index is 13.1. The molecule has 0 aliphatic rings. The van der Waals surface area contributed by atoms with E-state index in [9.17, 15) is 14.9 Å². The van der Waals surface area contributed by atoms with Crippen LogP contribution in [0.5, 0.6) is 0 Å². The van der Waals surface area contributed by atoms with Crippen LogP contribution < -0.4 is 10.9 Å². The summed E-state index contributed by atoms with van der Waals surface area (Å²) in [5.74, 6) is -0.349. The van der Waals surface area contributed by atoms with E-state index in [1.165, 1.54) is 11.8 Å². The van der Waals surface area contributed by atoms with Crippen molar-refractivity contribution >= 4 is 40.2 Å². The van der Waals surface area contributed by atoms with Gasteiger partial charge in [-0.25, -0.2) is 4.98 Å². The molecule has 1 aromatic heterocycles. The van der Waals surface area contributed by atoms with Gasteiger partial charge in [0, 0.05) is 25.3 Å². The molecule has 1 aromatic carbocycles. The Bertz CT molecular complexity index is 1020. The first-order valence-corrected chi connectivity index (χ1v) is 11.0. The van der Waals surface area contributed by atoms with Crippen LogP contribution in [-0.4, -0.2) is 40.0 Å². The van der Waals surface area contributed by atoms with Crippen molar-refractivity contribution in [2.45, 2.75) is 56.6 Å². The number of methoxy groups -OCH3 is 1. The predicted octanol–water partition coefficient (Wildman–Crippen LogP) is 3.62. The average Bonchev–Trinajstić information content (AvgIpc) is 2.69. The molecule has 1 N–H and O–H groups in total. The number of rotatable bonds is 9. The highest BCUT2D eigenvalue weighted by molar-refractivity contribution is 8.00. The molecule has 1 heterocycles. The van der Waals surface area contributed by atoms with E-state index in [1.54, 1.807) is 43.7 Å². The second-order valence-corrected chi connectivity index (χ2v) is 9.32. The molecule has 2 aromatic rings. The average molecular weight is 451 g/mol. The summed E-state index contributed by atoms with van der Waals surface area (Å²) in [5.41, 5.74) is -0.685. The number of amides is 1. The Kier molecular flexibility index (Phi) is 8.30. The summed E-state index contributed by atoms with van der Waals surface area (Å²) in [6.07, 6.45) is 0.630. The molecule has 0 fully saturated rings. The summed E-state index contributed by atoms with van der Waals surface area (Å²) in [5, 5.41) is 13.1. The number of nitriles is 1. The number of hydrogen-bond acceptors (Lipinski definition) is 6. The van der Waals surface area contributed by atoms with Crippen molar-refractivity contribution in [2.24, 2.45) is 5.92 Å². The minimum atomic E-state index is -0.978. The molecule has 30 heavy (non-hydrogen) atoms. The van der Waals surface area contributed by atoms with Crippen molar-refractivity contribution < 1.29 is 9.53 Å². The van der Waals surface area contributed by atoms with Gasteiger partial charge in [0.2, 0.25) is 5.91 Å². The molecule has 0 spiro atoms. The van der Waals surface area contributed by atoms with Crippen molar-refractivity contribution in [3.05, 3.63) is 33.6 Å². The van der Waals surface area contributed by atoms with E-state index in [0.717, 1.165) is 0 Å². The van der Waals surface area contributed by atoms with E-state index in [4.69, 9.17) is 16.3 Å². The third-order valence-corrected chi connectivity index (χ3v) is 6.36. The van der Waals surface area contributed by atoms with Crippen molar-refractivity contribution in [1.82, 2.24) is 14.9 Å². The second kappa shape index (κ2) is 10.3. The third kappa shape index (κ3) is 5.54. The minimum absolute atomic E-state index is 0.0585. The number of carbonyl (C=O) groups is 1. The Balaban J connectivity index is 2.38. The molecule has 1 amide bonds. The number of nitrogens with zero attached hydrogens (tertiary/aromatic N) is 3. The van der Waals surface area contributed by atoms with Crippen LogP contribution in [-0.2, 0) is 16.1 Å². The second-order valence-electron chi connectivity index (χ2n) is 7.58. The van der Waals surface area contributed by atoms with Gasteiger partial charge in [-0.1, -0.05) is 37.2 Å². The molecule has 2 rings (SSSR count). The van der Waals surface area contributed by atoms with Gasteiger partial charge in [0.1, 0.15) is 5.54 Å². The Morgan fingerprint density at radius 3 is 2.73 bits per heavy atom. The number of ether oxygens (including phenoxy) is 1. The first-order chi connectivity index (χ1) is 14.1. The first kappa shape index (κ1) is 24.2. The van der Waals surface area contributed by atoms with Crippen LogP contribution in [0.1, 0.15) is 34.1 Å². The van der Waals surface area contributed by atoms with E-state index in [0.29, 0.717) is 40.7 Å². The molecule has 7 nitrogen and oxygen atoms in total.